The summed E-state index contributed by atoms with van der Waals surface area (Å²) in [5.41, 5.74) is 1.46. The van der Waals surface area contributed by atoms with Crippen molar-refractivity contribution in [2.75, 3.05) is 18.4 Å². The zero-order chi connectivity index (χ0) is 28.0. The van der Waals surface area contributed by atoms with Gasteiger partial charge in [0.1, 0.15) is 5.69 Å². The molecule has 1 amide bonds. The Morgan fingerprint density at radius 2 is 1.66 bits per heavy atom. The first kappa shape index (κ1) is 28.6. The highest BCUT2D eigenvalue weighted by molar-refractivity contribution is 7.89. The van der Waals surface area contributed by atoms with Gasteiger partial charge in [-0.2, -0.15) is 4.31 Å². The van der Waals surface area contributed by atoms with Crippen molar-refractivity contribution in [3.05, 3.63) is 82.3 Å². The zero-order valence-corrected chi connectivity index (χ0v) is 22.9. The summed E-state index contributed by atoms with van der Waals surface area (Å²) in [4.78, 5) is 38.1. The number of carbonyl (C=O) groups excluding carboxylic acids is 2. The molecule has 0 saturated heterocycles. The number of anilines is 1. The van der Waals surface area contributed by atoms with Crippen molar-refractivity contribution < 1.29 is 22.7 Å². The maximum atomic E-state index is 13.0. The van der Waals surface area contributed by atoms with Gasteiger partial charge in [0.2, 0.25) is 10.0 Å². The Hall–Kier alpha value is -3.96. The molecule has 1 heterocycles. The van der Waals surface area contributed by atoms with Crippen LogP contribution in [0.3, 0.4) is 0 Å². The van der Waals surface area contributed by atoms with Gasteiger partial charge in [-0.25, -0.2) is 17.9 Å². The Balaban J connectivity index is 1.65. The van der Waals surface area contributed by atoms with Crippen molar-refractivity contribution in [1.82, 2.24) is 13.7 Å². The fraction of sp³-hybridized carbons (Fsp3) is 0.296. The third-order valence-corrected chi connectivity index (χ3v) is 8.16. The van der Waals surface area contributed by atoms with Crippen LogP contribution in [0.5, 0.6) is 0 Å². The highest BCUT2D eigenvalue weighted by Crippen LogP contribution is 2.17. The second kappa shape index (κ2) is 12.1. The molecule has 0 aliphatic rings. The Kier molecular flexibility index (Phi) is 9.08. The number of esters is 1. The van der Waals surface area contributed by atoms with E-state index in [1.165, 1.54) is 34.1 Å². The molecule has 1 N–H and O–H groups in total. The lowest BCUT2D eigenvalue weighted by atomic mass is 10.2. The Labute approximate surface area is 222 Å². The number of ether oxygens (including phenoxy) is 1. The van der Waals surface area contributed by atoms with E-state index in [1.54, 1.807) is 68.9 Å². The maximum Gasteiger partial charge on any atom is 0.331 e. The molecule has 0 fully saturated rings. The highest BCUT2D eigenvalue weighted by Gasteiger charge is 2.23. The summed E-state index contributed by atoms with van der Waals surface area (Å²) in [6.45, 7) is 7.38. The Morgan fingerprint density at radius 1 is 1.05 bits per heavy atom. The van der Waals surface area contributed by atoms with E-state index in [4.69, 9.17) is 4.74 Å². The van der Waals surface area contributed by atoms with Crippen LogP contribution in [0.1, 0.15) is 32.0 Å². The summed E-state index contributed by atoms with van der Waals surface area (Å²) >= 11 is 0. The van der Waals surface area contributed by atoms with Gasteiger partial charge in [0.15, 0.2) is 6.10 Å². The molecule has 0 aliphatic heterocycles. The van der Waals surface area contributed by atoms with Crippen molar-refractivity contribution in [2.24, 2.45) is 7.05 Å². The van der Waals surface area contributed by atoms with Gasteiger partial charge < -0.3 is 10.1 Å². The van der Waals surface area contributed by atoms with E-state index in [1.807, 2.05) is 6.07 Å². The number of amides is 1. The molecule has 202 valence electrons. The maximum absolute atomic E-state index is 13.0. The van der Waals surface area contributed by atoms with E-state index >= 15 is 0 Å². The minimum Gasteiger partial charge on any atom is -0.449 e. The second-order valence-corrected chi connectivity index (χ2v) is 10.4. The van der Waals surface area contributed by atoms with Crippen molar-refractivity contribution >= 4 is 33.7 Å². The summed E-state index contributed by atoms with van der Waals surface area (Å²) in [6, 6.07) is 15.1. The number of hydrogen-bond acceptors (Lipinski definition) is 6. The number of hydrogen-bond donors (Lipinski definition) is 1. The number of nitrogens with one attached hydrogen (secondary N) is 1. The average molecular weight is 541 g/mol. The summed E-state index contributed by atoms with van der Waals surface area (Å²) in [7, 11) is -1.87. The first-order valence-electron chi connectivity index (χ1n) is 12.1. The number of nitrogens with zero attached hydrogens (tertiary/aromatic N) is 3. The summed E-state index contributed by atoms with van der Waals surface area (Å²) in [6.07, 6.45) is 1.44. The number of sulfonamides is 1. The van der Waals surface area contributed by atoms with Gasteiger partial charge in [-0.05, 0) is 49.8 Å². The van der Waals surface area contributed by atoms with Crippen LogP contribution in [0.4, 0.5) is 5.69 Å². The molecular weight excluding hydrogens is 508 g/mol. The predicted octanol–water partition coefficient (Wildman–Crippen LogP) is 3.10. The predicted molar refractivity (Wildman–Crippen MR) is 146 cm³/mol. The molecule has 10 nitrogen and oxygen atoms in total. The van der Waals surface area contributed by atoms with Crippen LogP contribution in [0.2, 0.25) is 0 Å². The summed E-state index contributed by atoms with van der Waals surface area (Å²) in [5.74, 6) is -1.41. The SMILES string of the molecule is CCN(CC)S(=O)(=O)c1ccc(/C=C/C(=O)O[C@@H](C)C(=O)Nc2c(C)n(C)n(-c3ccccc3)c2=O)cc1. The topological polar surface area (TPSA) is 120 Å². The number of rotatable bonds is 10. The highest BCUT2D eigenvalue weighted by atomic mass is 32.2. The van der Waals surface area contributed by atoms with Gasteiger partial charge in [-0.15, -0.1) is 0 Å². The minimum absolute atomic E-state index is 0.0968. The third-order valence-electron chi connectivity index (χ3n) is 6.10. The monoisotopic (exact) mass is 540 g/mol. The molecule has 38 heavy (non-hydrogen) atoms. The summed E-state index contributed by atoms with van der Waals surface area (Å²) in [5, 5.41) is 2.57. The molecule has 2 aromatic carbocycles. The zero-order valence-electron chi connectivity index (χ0n) is 22.0. The minimum atomic E-state index is -3.58. The van der Waals surface area contributed by atoms with Crippen LogP contribution in [0.15, 0.2) is 70.4 Å². The fourth-order valence-corrected chi connectivity index (χ4v) is 5.29. The van der Waals surface area contributed by atoms with Crippen LogP contribution in [0, 0.1) is 6.92 Å². The lowest BCUT2D eigenvalue weighted by Crippen LogP contribution is -2.31. The van der Waals surface area contributed by atoms with Crippen molar-refractivity contribution in [3.8, 4) is 5.69 Å². The van der Waals surface area contributed by atoms with Crippen LogP contribution in [-0.2, 0) is 31.4 Å². The molecule has 3 aromatic rings. The molecule has 1 aromatic heterocycles. The van der Waals surface area contributed by atoms with E-state index in [0.717, 1.165) is 6.08 Å². The molecule has 11 heteroatoms. The summed E-state index contributed by atoms with van der Waals surface area (Å²) < 4.78 is 34.8. The van der Waals surface area contributed by atoms with Gasteiger partial charge in [0.25, 0.3) is 11.5 Å². The second-order valence-electron chi connectivity index (χ2n) is 8.50. The lowest BCUT2D eigenvalue weighted by Gasteiger charge is -2.18. The van der Waals surface area contributed by atoms with Gasteiger partial charge >= 0.3 is 5.97 Å². The quantitative estimate of drug-likeness (QED) is 0.312. The molecular formula is C27H32N4O6S. The largest absolute Gasteiger partial charge is 0.449 e. The van der Waals surface area contributed by atoms with Crippen LogP contribution in [0.25, 0.3) is 11.8 Å². The number of para-hydroxylation sites is 1. The third kappa shape index (κ3) is 6.12. The molecule has 1 atom stereocenters. The molecule has 0 spiro atoms. The smallest absolute Gasteiger partial charge is 0.331 e. The van der Waals surface area contributed by atoms with Crippen LogP contribution in [-0.4, -0.2) is 53.2 Å². The van der Waals surface area contributed by atoms with E-state index in [-0.39, 0.29) is 10.6 Å². The van der Waals surface area contributed by atoms with Gasteiger partial charge in [0.05, 0.1) is 16.3 Å². The van der Waals surface area contributed by atoms with Crippen molar-refractivity contribution in [2.45, 2.75) is 38.7 Å². The van der Waals surface area contributed by atoms with E-state index in [2.05, 4.69) is 5.32 Å². The number of aromatic nitrogens is 2. The van der Waals surface area contributed by atoms with Gasteiger partial charge in [-0.1, -0.05) is 44.2 Å². The molecule has 0 saturated carbocycles. The van der Waals surface area contributed by atoms with Crippen molar-refractivity contribution in [1.29, 1.82) is 0 Å². The van der Waals surface area contributed by atoms with Crippen molar-refractivity contribution in [3.63, 3.8) is 0 Å². The van der Waals surface area contributed by atoms with E-state index < -0.39 is 33.6 Å². The molecule has 3 rings (SSSR count). The fourth-order valence-electron chi connectivity index (χ4n) is 3.83. The first-order chi connectivity index (χ1) is 18.0. The normalized spacial score (nSPS) is 12.6. The standard InChI is InChI=1S/C27H32N4O6S/c1-6-30(7-2)38(35,36)23-16-13-21(14-17-23)15-18-24(32)37-20(4)26(33)28-25-19(3)29(5)31(27(25)34)22-11-9-8-10-12-22/h8-18,20H,6-7H2,1-5H3,(H,28,33)/b18-15+/t20-/m0/s1. The Bertz CT molecular complexity index is 1480. The molecule has 0 bridgehead atoms. The Morgan fingerprint density at radius 3 is 2.24 bits per heavy atom. The lowest BCUT2D eigenvalue weighted by molar-refractivity contribution is -0.148. The van der Waals surface area contributed by atoms with Gasteiger partial charge in [0, 0.05) is 26.2 Å². The average Bonchev–Trinajstić information content (AvgIpc) is 3.11. The molecule has 0 radical (unpaired) electrons. The van der Waals surface area contributed by atoms with Gasteiger partial charge in [-0.3, -0.25) is 14.3 Å². The number of carbonyl (C=O) groups is 2. The van der Waals surface area contributed by atoms with E-state index in [9.17, 15) is 22.8 Å². The number of benzene rings is 2. The molecule has 0 unspecified atom stereocenters. The first-order valence-corrected chi connectivity index (χ1v) is 13.6. The van der Waals surface area contributed by atoms with E-state index in [0.29, 0.717) is 30.0 Å². The van der Waals surface area contributed by atoms with Crippen LogP contribution < -0.4 is 10.9 Å². The van der Waals surface area contributed by atoms with Crippen LogP contribution >= 0.6 is 0 Å². The molecule has 0 aliphatic carbocycles.